The number of carbonyl (C=O) groups excluding carboxylic acids is 1. The lowest BCUT2D eigenvalue weighted by atomic mass is 9.78. The molecule has 0 amide bonds. The first-order valence-electron chi connectivity index (χ1n) is 12.3. The summed E-state index contributed by atoms with van der Waals surface area (Å²) in [4.78, 5) is 32.9. The number of hydrogen-bond acceptors (Lipinski definition) is 7. The average molecular weight is 539 g/mol. The number of phenolic OH excluding ortho intramolecular Hbond substituents is 1. The molecule has 4 rings (SSSR count). The Hall–Kier alpha value is -2.97. The van der Waals surface area contributed by atoms with Gasteiger partial charge in [0, 0.05) is 16.0 Å². The SMILES string of the molecule is CCOC(=O)C1=C(C)N=c2s/c(=C/c3cc(C(C)(C)C)c(O)c(C(C)(C)C)c3)c(=O)n2C1c1cccs1. The molecule has 1 N–H and O–H groups in total. The molecule has 8 heteroatoms. The summed E-state index contributed by atoms with van der Waals surface area (Å²) in [5.41, 5.74) is 2.66. The Kier molecular flexibility index (Phi) is 7.12. The summed E-state index contributed by atoms with van der Waals surface area (Å²) < 4.78 is 7.47. The number of rotatable bonds is 4. The van der Waals surface area contributed by atoms with Gasteiger partial charge < -0.3 is 9.84 Å². The smallest absolute Gasteiger partial charge is 0.338 e. The Labute approximate surface area is 225 Å². The van der Waals surface area contributed by atoms with Gasteiger partial charge in [-0.15, -0.1) is 11.3 Å². The maximum Gasteiger partial charge on any atom is 0.338 e. The number of nitrogens with zero attached hydrogens (tertiary/aromatic N) is 2. The minimum atomic E-state index is -0.590. The summed E-state index contributed by atoms with van der Waals surface area (Å²) in [7, 11) is 0. The third-order valence-electron chi connectivity index (χ3n) is 6.38. The van der Waals surface area contributed by atoms with E-state index in [0.29, 0.717) is 26.4 Å². The zero-order chi connectivity index (χ0) is 27.3. The molecular weight excluding hydrogens is 504 g/mol. The van der Waals surface area contributed by atoms with Gasteiger partial charge in [-0.3, -0.25) is 9.36 Å². The number of aromatic nitrogens is 1. The molecule has 3 aromatic rings. The largest absolute Gasteiger partial charge is 0.507 e. The number of hydrogen-bond donors (Lipinski definition) is 1. The lowest BCUT2D eigenvalue weighted by Gasteiger charge is -2.27. The van der Waals surface area contributed by atoms with Crippen LogP contribution in [0.1, 0.15) is 83.0 Å². The first-order valence-corrected chi connectivity index (χ1v) is 14.0. The van der Waals surface area contributed by atoms with Crippen molar-refractivity contribution in [3.05, 3.63) is 82.2 Å². The fourth-order valence-corrected chi connectivity index (χ4v) is 6.41. The van der Waals surface area contributed by atoms with Crippen LogP contribution in [-0.2, 0) is 20.4 Å². The molecule has 6 nitrogen and oxygen atoms in total. The summed E-state index contributed by atoms with van der Waals surface area (Å²) in [5, 5.41) is 13.0. The number of ether oxygens (including phenoxy) is 1. The molecule has 0 aliphatic carbocycles. The normalized spacial score (nSPS) is 16.5. The zero-order valence-corrected chi connectivity index (χ0v) is 24.3. The second kappa shape index (κ2) is 9.72. The fourth-order valence-electron chi connectivity index (χ4n) is 4.54. The highest BCUT2D eigenvalue weighted by atomic mass is 32.1. The maximum atomic E-state index is 13.8. The number of benzene rings is 1. The lowest BCUT2D eigenvalue weighted by molar-refractivity contribution is -0.139. The third kappa shape index (κ3) is 5.09. The van der Waals surface area contributed by atoms with Gasteiger partial charge in [-0.2, -0.15) is 0 Å². The van der Waals surface area contributed by atoms with Crippen molar-refractivity contribution in [3.63, 3.8) is 0 Å². The zero-order valence-electron chi connectivity index (χ0n) is 22.6. The molecule has 1 aliphatic rings. The highest BCUT2D eigenvalue weighted by molar-refractivity contribution is 7.10. The summed E-state index contributed by atoms with van der Waals surface area (Å²) in [6.07, 6.45) is 1.86. The van der Waals surface area contributed by atoms with Gasteiger partial charge in [0.2, 0.25) is 0 Å². The highest BCUT2D eigenvalue weighted by Crippen LogP contribution is 2.40. The van der Waals surface area contributed by atoms with Gasteiger partial charge >= 0.3 is 5.97 Å². The van der Waals surface area contributed by atoms with Crippen LogP contribution in [0.4, 0.5) is 0 Å². The van der Waals surface area contributed by atoms with Crippen LogP contribution in [0.3, 0.4) is 0 Å². The van der Waals surface area contributed by atoms with Gasteiger partial charge in [0.1, 0.15) is 11.8 Å². The number of fused-ring (bicyclic) bond motifs is 1. The molecule has 196 valence electrons. The van der Waals surface area contributed by atoms with Crippen LogP contribution in [0.15, 0.2) is 50.7 Å². The van der Waals surface area contributed by atoms with Crippen LogP contribution in [-0.4, -0.2) is 22.2 Å². The molecule has 1 unspecified atom stereocenters. The van der Waals surface area contributed by atoms with E-state index < -0.39 is 12.0 Å². The third-order valence-corrected chi connectivity index (χ3v) is 8.28. The van der Waals surface area contributed by atoms with E-state index in [4.69, 9.17) is 4.74 Å². The Morgan fingerprint density at radius 1 is 1.16 bits per heavy atom. The molecule has 0 saturated carbocycles. The van der Waals surface area contributed by atoms with Crippen molar-refractivity contribution in [3.8, 4) is 5.75 Å². The van der Waals surface area contributed by atoms with E-state index in [-0.39, 0.29) is 23.0 Å². The second-order valence-electron chi connectivity index (χ2n) is 11.3. The first-order chi connectivity index (χ1) is 17.2. The Bertz CT molecular complexity index is 1520. The molecule has 1 aromatic carbocycles. The molecule has 37 heavy (non-hydrogen) atoms. The predicted octanol–water partition coefficient (Wildman–Crippen LogP) is 5.16. The van der Waals surface area contributed by atoms with Crippen LogP contribution in [0.2, 0.25) is 0 Å². The summed E-state index contributed by atoms with van der Waals surface area (Å²) >= 11 is 2.79. The Morgan fingerprint density at radius 2 is 1.78 bits per heavy atom. The number of thiophene rings is 1. The van der Waals surface area contributed by atoms with Gasteiger partial charge in [0.15, 0.2) is 4.80 Å². The van der Waals surface area contributed by atoms with E-state index in [2.05, 4.69) is 46.5 Å². The van der Waals surface area contributed by atoms with E-state index in [0.717, 1.165) is 21.6 Å². The Balaban J connectivity index is 1.97. The molecule has 1 atom stereocenters. The van der Waals surface area contributed by atoms with E-state index in [1.165, 1.54) is 22.7 Å². The van der Waals surface area contributed by atoms with E-state index >= 15 is 0 Å². The lowest BCUT2D eigenvalue weighted by Crippen LogP contribution is -2.39. The first kappa shape index (κ1) is 27.1. The summed E-state index contributed by atoms with van der Waals surface area (Å²) in [5.74, 6) is -0.161. The molecule has 3 heterocycles. The van der Waals surface area contributed by atoms with Crippen LogP contribution >= 0.6 is 22.7 Å². The molecule has 0 bridgehead atoms. The van der Waals surface area contributed by atoms with Crippen molar-refractivity contribution in [2.45, 2.75) is 72.3 Å². The second-order valence-corrected chi connectivity index (χ2v) is 13.3. The van der Waals surface area contributed by atoms with Crippen molar-refractivity contribution >= 4 is 34.7 Å². The van der Waals surface area contributed by atoms with Crippen LogP contribution in [0.5, 0.6) is 5.75 Å². The van der Waals surface area contributed by atoms with Crippen molar-refractivity contribution in [1.82, 2.24) is 4.57 Å². The van der Waals surface area contributed by atoms with Crippen molar-refractivity contribution in [2.24, 2.45) is 4.99 Å². The van der Waals surface area contributed by atoms with Gasteiger partial charge in [0.25, 0.3) is 5.56 Å². The standard InChI is InChI=1S/C29H34N2O4S2/c1-9-35-26(34)22-16(2)30-27-31(23(22)20-11-10-12-36-20)25(33)21(37-27)15-17-13-18(28(3,4)5)24(32)19(14-17)29(6,7)8/h10-15,23,32H,9H2,1-8H3/b21-15+. The average Bonchev–Trinajstić information content (AvgIpc) is 3.41. The van der Waals surface area contributed by atoms with Gasteiger partial charge in [0.05, 0.1) is 22.4 Å². The molecule has 0 fully saturated rings. The predicted molar refractivity (Wildman–Crippen MR) is 150 cm³/mol. The highest BCUT2D eigenvalue weighted by Gasteiger charge is 2.34. The number of thiazole rings is 1. The van der Waals surface area contributed by atoms with Gasteiger partial charge in [-0.05, 0) is 59.9 Å². The monoisotopic (exact) mass is 538 g/mol. The minimum absolute atomic E-state index is 0.209. The molecule has 0 spiro atoms. The Morgan fingerprint density at radius 3 is 2.30 bits per heavy atom. The molecule has 0 radical (unpaired) electrons. The van der Waals surface area contributed by atoms with Crippen LogP contribution < -0.4 is 14.9 Å². The van der Waals surface area contributed by atoms with Gasteiger partial charge in [-0.25, -0.2) is 9.79 Å². The molecule has 0 saturated heterocycles. The van der Waals surface area contributed by atoms with Crippen LogP contribution in [0.25, 0.3) is 6.08 Å². The number of aromatic hydroxyl groups is 1. The quantitative estimate of drug-likeness (QED) is 0.465. The number of carbonyl (C=O) groups is 1. The van der Waals surface area contributed by atoms with Crippen molar-refractivity contribution < 1.29 is 14.6 Å². The molecule has 2 aromatic heterocycles. The van der Waals surface area contributed by atoms with Crippen molar-refractivity contribution in [1.29, 1.82) is 0 Å². The number of phenols is 1. The summed E-state index contributed by atoms with van der Waals surface area (Å²) in [6, 6.07) is 7.15. The van der Waals surface area contributed by atoms with E-state index in [1.54, 1.807) is 18.4 Å². The topological polar surface area (TPSA) is 80.9 Å². The van der Waals surface area contributed by atoms with E-state index in [1.807, 2.05) is 35.7 Å². The minimum Gasteiger partial charge on any atom is -0.507 e. The number of allylic oxidation sites excluding steroid dienone is 1. The maximum absolute atomic E-state index is 13.8. The van der Waals surface area contributed by atoms with Crippen LogP contribution in [0, 0.1) is 0 Å². The molecular formula is C29H34N2O4S2. The van der Waals surface area contributed by atoms with Crippen molar-refractivity contribution in [2.75, 3.05) is 6.61 Å². The molecule has 1 aliphatic heterocycles. The summed E-state index contributed by atoms with van der Waals surface area (Å²) in [6.45, 7) is 16.2. The van der Waals surface area contributed by atoms with Gasteiger partial charge in [-0.1, -0.05) is 58.9 Å². The number of esters is 1. The fraction of sp³-hybridized carbons (Fsp3) is 0.414. The van der Waals surface area contributed by atoms with E-state index in [9.17, 15) is 14.7 Å².